The van der Waals surface area contributed by atoms with Gasteiger partial charge in [-0.05, 0) is 18.1 Å². The minimum atomic E-state index is 0.750. The summed E-state index contributed by atoms with van der Waals surface area (Å²) in [5.74, 6) is 1.13. The molecule has 0 spiro atoms. The summed E-state index contributed by atoms with van der Waals surface area (Å²) in [6.45, 7) is 1.44. The Labute approximate surface area is 118 Å². The van der Waals surface area contributed by atoms with Crippen LogP contribution in [0.4, 0.5) is 0 Å². The van der Waals surface area contributed by atoms with Crippen LogP contribution in [0.25, 0.3) is 16.9 Å². The molecular formula is C17H16N2O. The van der Waals surface area contributed by atoms with E-state index in [0.29, 0.717) is 0 Å². The Balaban J connectivity index is 0.000000150. The van der Waals surface area contributed by atoms with Crippen molar-refractivity contribution in [1.29, 1.82) is 0 Å². The number of aromatic nitrogens is 2. The van der Waals surface area contributed by atoms with Gasteiger partial charge in [0, 0.05) is 0 Å². The molecule has 0 amide bonds. The third kappa shape index (κ3) is 3.92. The Bertz CT molecular complexity index is 584. The summed E-state index contributed by atoms with van der Waals surface area (Å²) >= 11 is 0. The molecule has 0 N–H and O–H groups in total. The van der Waals surface area contributed by atoms with Gasteiger partial charge in [-0.25, -0.2) is 4.98 Å². The van der Waals surface area contributed by atoms with Gasteiger partial charge in [0.05, 0.1) is 6.20 Å². The van der Waals surface area contributed by atoms with Gasteiger partial charge in [-0.2, -0.15) is 0 Å². The van der Waals surface area contributed by atoms with E-state index < -0.39 is 0 Å². The molecule has 0 atom stereocenters. The molecular weight excluding hydrogens is 248 g/mol. The normalized spacial score (nSPS) is 9.45. The summed E-state index contributed by atoms with van der Waals surface area (Å²) in [5, 5.41) is 0. The predicted octanol–water partition coefficient (Wildman–Crippen LogP) is 3.74. The van der Waals surface area contributed by atoms with Crippen LogP contribution in [0.15, 0.2) is 73.2 Å². The number of benzene rings is 2. The third-order valence-electron chi connectivity index (χ3n) is 2.65. The topological polar surface area (TPSA) is 34.9 Å². The zero-order valence-electron chi connectivity index (χ0n) is 11.3. The maximum absolute atomic E-state index is 8.81. The van der Waals surface area contributed by atoms with Crippen molar-refractivity contribution >= 4 is 6.29 Å². The van der Waals surface area contributed by atoms with E-state index in [0.717, 1.165) is 12.1 Å². The molecule has 4 rings (SSSR count). The lowest BCUT2D eigenvalue weighted by atomic mass is 10.1. The molecule has 0 aliphatic carbocycles. The second-order valence-electron chi connectivity index (χ2n) is 4.11. The molecule has 0 saturated carbocycles. The summed E-state index contributed by atoms with van der Waals surface area (Å²) in [6.07, 6.45) is 4.51. The van der Waals surface area contributed by atoms with Crippen molar-refractivity contribution in [3.63, 3.8) is 0 Å². The van der Waals surface area contributed by atoms with E-state index in [9.17, 15) is 0 Å². The van der Waals surface area contributed by atoms with Gasteiger partial charge in [0.15, 0.2) is 5.82 Å². The van der Waals surface area contributed by atoms with E-state index in [1.807, 2.05) is 22.9 Å². The number of rotatable bonds is 1. The summed E-state index contributed by atoms with van der Waals surface area (Å²) in [7, 11) is 0. The predicted molar refractivity (Wildman–Crippen MR) is 80.7 cm³/mol. The smallest absolute Gasteiger partial charge is 0.156 e. The standard InChI is InChI=1S/C12H10.C3H2N2.C2H4O/c1-3-7-11(8-4-1)12-9-5-2-6-10-12;1-3-4-2-5(1)3;1-2-3/h1-10H;1-2H;2H,1H3. The molecule has 100 valence electrons. The summed E-state index contributed by atoms with van der Waals surface area (Å²) in [5.41, 5.74) is 2.55. The van der Waals surface area contributed by atoms with Crippen LogP contribution < -0.4 is 0 Å². The molecule has 3 heteroatoms. The molecule has 3 nitrogen and oxygen atoms in total. The van der Waals surface area contributed by atoms with Crippen LogP contribution in [-0.2, 0) is 4.79 Å². The Kier molecular flexibility index (Phi) is 4.84. The number of imidazole rings is 1. The fourth-order valence-corrected chi connectivity index (χ4v) is 1.61. The lowest BCUT2D eigenvalue weighted by Crippen LogP contribution is -1.81. The van der Waals surface area contributed by atoms with Crippen molar-refractivity contribution in [3.05, 3.63) is 73.2 Å². The van der Waals surface area contributed by atoms with Gasteiger partial charge in [0.25, 0.3) is 0 Å². The van der Waals surface area contributed by atoms with Crippen molar-refractivity contribution in [3.8, 4) is 16.9 Å². The molecule has 0 fully saturated rings. The van der Waals surface area contributed by atoms with Gasteiger partial charge in [-0.15, -0.1) is 0 Å². The molecule has 2 aliphatic heterocycles. The molecule has 2 heterocycles. The summed E-state index contributed by atoms with van der Waals surface area (Å²) in [6, 6.07) is 20.8. The molecule has 0 radical (unpaired) electrons. The van der Waals surface area contributed by atoms with E-state index in [1.165, 1.54) is 18.1 Å². The van der Waals surface area contributed by atoms with Gasteiger partial charge in [-0.1, -0.05) is 60.7 Å². The first-order chi connectivity index (χ1) is 9.85. The zero-order valence-corrected chi connectivity index (χ0v) is 11.3. The van der Waals surface area contributed by atoms with Crippen LogP contribution in [-0.4, -0.2) is 15.8 Å². The summed E-state index contributed by atoms with van der Waals surface area (Å²) < 4.78 is 1.97. The number of hydrogen-bond donors (Lipinski definition) is 0. The number of nitrogens with zero attached hydrogens (tertiary/aromatic N) is 2. The first-order valence-corrected chi connectivity index (χ1v) is 6.39. The van der Waals surface area contributed by atoms with Gasteiger partial charge < -0.3 is 4.79 Å². The van der Waals surface area contributed by atoms with E-state index in [4.69, 9.17) is 4.79 Å². The quantitative estimate of drug-likeness (QED) is 0.491. The van der Waals surface area contributed by atoms with Gasteiger partial charge >= 0.3 is 0 Å². The number of fused-ring (bicyclic) bond motifs is 1. The van der Waals surface area contributed by atoms with Crippen LogP contribution in [0.1, 0.15) is 6.92 Å². The minimum absolute atomic E-state index is 0.750. The number of carbonyl (C=O) groups excluding carboxylic acids is 1. The fraction of sp³-hybridized carbons (Fsp3) is 0.0588. The lowest BCUT2D eigenvalue weighted by Gasteiger charge is -1.98. The maximum Gasteiger partial charge on any atom is 0.156 e. The number of carbonyl (C=O) groups is 1. The van der Waals surface area contributed by atoms with Gasteiger partial charge in [0.1, 0.15) is 12.6 Å². The second kappa shape index (κ2) is 7.04. The molecule has 0 aromatic heterocycles. The van der Waals surface area contributed by atoms with Gasteiger partial charge in [0.2, 0.25) is 0 Å². The van der Waals surface area contributed by atoms with Gasteiger partial charge in [-0.3, -0.25) is 4.57 Å². The zero-order chi connectivity index (χ0) is 14.2. The Hall–Kier alpha value is -2.68. The van der Waals surface area contributed by atoms with Crippen LogP contribution in [0.5, 0.6) is 0 Å². The van der Waals surface area contributed by atoms with Crippen molar-refractivity contribution < 1.29 is 4.79 Å². The van der Waals surface area contributed by atoms with E-state index >= 15 is 0 Å². The monoisotopic (exact) mass is 264 g/mol. The van der Waals surface area contributed by atoms with Crippen molar-refractivity contribution in [2.75, 3.05) is 0 Å². The van der Waals surface area contributed by atoms with Crippen molar-refractivity contribution in [1.82, 2.24) is 9.55 Å². The fourth-order valence-electron chi connectivity index (χ4n) is 1.61. The minimum Gasteiger partial charge on any atom is -0.304 e. The van der Waals surface area contributed by atoms with E-state index in [-0.39, 0.29) is 0 Å². The SMILES string of the molecule is CC=O.c1ccc(-c2ccccc2)cc1.c1nc2cn1-2. The van der Waals surface area contributed by atoms with Crippen molar-refractivity contribution in [2.24, 2.45) is 0 Å². The highest BCUT2D eigenvalue weighted by atomic mass is 16.1. The Morgan fingerprint density at radius 1 is 0.900 bits per heavy atom. The number of aldehydes is 1. The Morgan fingerprint density at radius 2 is 1.30 bits per heavy atom. The van der Waals surface area contributed by atoms with E-state index in [1.54, 1.807) is 6.33 Å². The largest absolute Gasteiger partial charge is 0.304 e. The van der Waals surface area contributed by atoms with Crippen molar-refractivity contribution in [2.45, 2.75) is 6.92 Å². The lowest BCUT2D eigenvalue weighted by molar-refractivity contribution is -0.106. The Morgan fingerprint density at radius 3 is 1.50 bits per heavy atom. The summed E-state index contributed by atoms with van der Waals surface area (Å²) in [4.78, 5) is 12.6. The highest BCUT2D eigenvalue weighted by Crippen LogP contribution is 2.17. The van der Waals surface area contributed by atoms with Crippen LogP contribution in [0.2, 0.25) is 0 Å². The number of hydrogen-bond acceptors (Lipinski definition) is 2. The highest BCUT2D eigenvalue weighted by Gasteiger charge is 2.10. The molecule has 2 aromatic carbocycles. The van der Waals surface area contributed by atoms with E-state index in [2.05, 4.69) is 53.5 Å². The maximum atomic E-state index is 8.81. The first-order valence-electron chi connectivity index (χ1n) is 6.39. The van der Waals surface area contributed by atoms with Crippen LogP contribution in [0, 0.1) is 0 Å². The second-order valence-corrected chi connectivity index (χ2v) is 4.11. The van der Waals surface area contributed by atoms with Crippen LogP contribution >= 0.6 is 0 Å². The first kappa shape index (κ1) is 13.7. The molecule has 0 saturated heterocycles. The molecule has 2 aromatic rings. The highest BCUT2D eigenvalue weighted by molar-refractivity contribution is 5.62. The average molecular weight is 264 g/mol. The molecule has 20 heavy (non-hydrogen) atoms. The molecule has 0 bridgehead atoms. The third-order valence-corrected chi connectivity index (χ3v) is 2.65. The molecule has 0 unspecified atom stereocenters. The average Bonchev–Trinajstić information content (AvgIpc) is 3.09. The molecule has 2 aliphatic rings. The van der Waals surface area contributed by atoms with Crippen LogP contribution in [0.3, 0.4) is 0 Å².